The minimum atomic E-state index is 1.27. The Labute approximate surface area is 57.0 Å². The summed E-state index contributed by atoms with van der Waals surface area (Å²) < 4.78 is 0. The van der Waals surface area contributed by atoms with Crippen LogP contribution in [0.25, 0.3) is 0 Å². The van der Waals surface area contributed by atoms with E-state index < -0.39 is 0 Å². The number of rotatable bonds is 2. The van der Waals surface area contributed by atoms with Gasteiger partial charge in [-0.1, -0.05) is 12.2 Å². The van der Waals surface area contributed by atoms with Crippen LogP contribution in [0.4, 0.5) is 0 Å². The molecule has 0 aliphatic rings. The maximum atomic E-state index is 3.46. The largest absolute Gasteiger partial charge is 0.351 e. The van der Waals surface area contributed by atoms with Gasteiger partial charge in [-0.2, -0.15) is 0 Å². The maximum Gasteiger partial charge on any atom is 0.0454 e. The molecule has 50 valence electrons. The lowest BCUT2D eigenvalue weighted by atomic mass is 10.4. The molecule has 0 aliphatic heterocycles. The standard InChI is InChI=1S/C8H13N/c1-5-6-9(4)7-8(2)3/h6-7H,1H2,2-4H3. The first kappa shape index (κ1) is 8.06. The van der Waals surface area contributed by atoms with Gasteiger partial charge in [-0.3, -0.25) is 0 Å². The molecule has 1 nitrogen and oxygen atoms in total. The number of allylic oxidation sites excluding steroid dienone is 1. The van der Waals surface area contributed by atoms with Crippen LogP contribution in [-0.4, -0.2) is 11.9 Å². The average Bonchev–Trinajstić information content (AvgIpc) is 1.63. The second kappa shape index (κ2) is 3.99. The van der Waals surface area contributed by atoms with Crippen molar-refractivity contribution in [3.05, 3.63) is 30.3 Å². The summed E-state index contributed by atoms with van der Waals surface area (Å²) in [5.41, 5.74) is 3.95. The van der Waals surface area contributed by atoms with Crippen molar-refractivity contribution in [3.8, 4) is 0 Å². The summed E-state index contributed by atoms with van der Waals surface area (Å²) in [7, 11) is 1.95. The van der Waals surface area contributed by atoms with Gasteiger partial charge in [0.15, 0.2) is 0 Å². The Morgan fingerprint density at radius 1 is 1.56 bits per heavy atom. The topological polar surface area (TPSA) is 3.24 Å². The molecule has 0 heterocycles. The van der Waals surface area contributed by atoms with Gasteiger partial charge in [0.1, 0.15) is 0 Å². The van der Waals surface area contributed by atoms with E-state index in [4.69, 9.17) is 0 Å². The van der Waals surface area contributed by atoms with Crippen molar-refractivity contribution in [2.24, 2.45) is 0 Å². The van der Waals surface area contributed by atoms with Crippen LogP contribution in [0.3, 0.4) is 0 Å². The highest BCUT2D eigenvalue weighted by Crippen LogP contribution is 1.91. The third-order valence-electron chi connectivity index (χ3n) is 0.757. The van der Waals surface area contributed by atoms with Crippen molar-refractivity contribution in [2.45, 2.75) is 13.8 Å². The van der Waals surface area contributed by atoms with Crippen LogP contribution < -0.4 is 0 Å². The first-order valence-corrected chi connectivity index (χ1v) is 2.89. The number of hydrogen-bond donors (Lipinski definition) is 0. The fourth-order valence-electron chi connectivity index (χ4n) is 0.589. The molecule has 0 bridgehead atoms. The van der Waals surface area contributed by atoms with Crippen molar-refractivity contribution in [2.75, 3.05) is 7.05 Å². The Bertz CT molecular complexity index is 146. The van der Waals surface area contributed by atoms with Gasteiger partial charge < -0.3 is 4.90 Å². The Kier molecular flexibility index (Phi) is 3.57. The van der Waals surface area contributed by atoms with Crippen molar-refractivity contribution in [1.82, 2.24) is 4.90 Å². The molecular weight excluding hydrogens is 110 g/mol. The lowest BCUT2D eigenvalue weighted by Crippen LogP contribution is -1.99. The van der Waals surface area contributed by atoms with Crippen LogP contribution in [0, 0.1) is 0 Å². The Hall–Kier alpha value is -0.940. The van der Waals surface area contributed by atoms with E-state index in [0.717, 1.165) is 0 Å². The number of hydrogen-bond acceptors (Lipinski definition) is 1. The molecule has 0 saturated carbocycles. The van der Waals surface area contributed by atoms with E-state index in [0.29, 0.717) is 0 Å². The van der Waals surface area contributed by atoms with E-state index in [2.05, 4.69) is 12.3 Å². The van der Waals surface area contributed by atoms with Crippen molar-refractivity contribution in [1.29, 1.82) is 0 Å². The zero-order valence-corrected chi connectivity index (χ0v) is 6.31. The molecule has 0 unspecified atom stereocenters. The third kappa shape index (κ3) is 4.92. The molecule has 9 heavy (non-hydrogen) atoms. The predicted octanol–water partition coefficient (Wildman–Crippen LogP) is 2.14. The first-order valence-electron chi connectivity index (χ1n) is 2.89. The summed E-state index contributed by atoms with van der Waals surface area (Å²) in [5.74, 6) is 0. The molecule has 1 heteroatoms. The molecule has 0 fully saturated rings. The van der Waals surface area contributed by atoms with Crippen LogP contribution in [0.2, 0.25) is 0 Å². The van der Waals surface area contributed by atoms with Crippen LogP contribution in [0.15, 0.2) is 30.3 Å². The Balaban J connectivity index is 3.91. The second-order valence-electron chi connectivity index (χ2n) is 2.21. The SMILES string of the molecule is C=C=CN(C)C=C(C)C. The van der Waals surface area contributed by atoms with Gasteiger partial charge in [0.05, 0.1) is 0 Å². The fourth-order valence-corrected chi connectivity index (χ4v) is 0.589. The second-order valence-corrected chi connectivity index (χ2v) is 2.21. The van der Waals surface area contributed by atoms with Crippen molar-refractivity contribution >= 4 is 0 Å². The summed E-state index contributed by atoms with van der Waals surface area (Å²) in [6.07, 6.45) is 3.80. The van der Waals surface area contributed by atoms with Crippen LogP contribution in [-0.2, 0) is 0 Å². The molecule has 0 radical (unpaired) electrons. The molecule has 0 spiro atoms. The van der Waals surface area contributed by atoms with Crippen LogP contribution in [0.1, 0.15) is 13.8 Å². The highest BCUT2D eigenvalue weighted by molar-refractivity contribution is 4.95. The summed E-state index contributed by atoms with van der Waals surface area (Å²) in [5, 5.41) is 0. The minimum absolute atomic E-state index is 1.27. The molecule has 0 aromatic heterocycles. The molecule has 0 atom stereocenters. The van der Waals surface area contributed by atoms with Gasteiger partial charge in [0.2, 0.25) is 0 Å². The van der Waals surface area contributed by atoms with E-state index in [-0.39, 0.29) is 0 Å². The van der Waals surface area contributed by atoms with Crippen LogP contribution >= 0.6 is 0 Å². The molecule has 0 aromatic carbocycles. The summed E-state index contributed by atoms with van der Waals surface area (Å²) in [4.78, 5) is 1.92. The predicted molar refractivity (Wildman–Crippen MR) is 40.9 cm³/mol. The van der Waals surface area contributed by atoms with Gasteiger partial charge in [-0.15, -0.1) is 5.73 Å². The molecule has 0 aliphatic carbocycles. The highest BCUT2D eigenvalue weighted by Gasteiger charge is 1.80. The van der Waals surface area contributed by atoms with Crippen LogP contribution in [0.5, 0.6) is 0 Å². The van der Waals surface area contributed by atoms with Gasteiger partial charge in [0.25, 0.3) is 0 Å². The lowest BCUT2D eigenvalue weighted by molar-refractivity contribution is 0.620. The molecule has 0 amide bonds. The third-order valence-corrected chi connectivity index (χ3v) is 0.757. The summed E-state index contributed by atoms with van der Waals surface area (Å²) >= 11 is 0. The highest BCUT2D eigenvalue weighted by atomic mass is 15.0. The lowest BCUT2D eigenvalue weighted by Gasteiger charge is -2.04. The quantitative estimate of drug-likeness (QED) is 0.508. The Morgan fingerprint density at radius 2 is 2.11 bits per heavy atom. The van der Waals surface area contributed by atoms with E-state index in [1.54, 1.807) is 6.20 Å². The smallest absolute Gasteiger partial charge is 0.0454 e. The zero-order chi connectivity index (χ0) is 7.28. The van der Waals surface area contributed by atoms with E-state index in [1.165, 1.54) is 5.57 Å². The molecule has 0 rings (SSSR count). The average molecular weight is 123 g/mol. The van der Waals surface area contributed by atoms with E-state index in [1.807, 2.05) is 32.0 Å². The van der Waals surface area contributed by atoms with Crippen molar-refractivity contribution in [3.63, 3.8) is 0 Å². The van der Waals surface area contributed by atoms with E-state index >= 15 is 0 Å². The summed E-state index contributed by atoms with van der Waals surface area (Å²) in [6, 6.07) is 0. The fraction of sp³-hybridized carbons (Fsp3) is 0.375. The molecule has 0 aromatic rings. The van der Waals surface area contributed by atoms with Crippen molar-refractivity contribution < 1.29 is 0 Å². The van der Waals surface area contributed by atoms with Gasteiger partial charge in [0, 0.05) is 19.4 Å². The molecule has 0 N–H and O–H groups in total. The zero-order valence-electron chi connectivity index (χ0n) is 6.31. The van der Waals surface area contributed by atoms with Gasteiger partial charge >= 0.3 is 0 Å². The monoisotopic (exact) mass is 123 g/mol. The Morgan fingerprint density at radius 3 is 2.44 bits per heavy atom. The first-order chi connectivity index (χ1) is 4.16. The van der Waals surface area contributed by atoms with E-state index in [9.17, 15) is 0 Å². The normalized spacial score (nSPS) is 7.44. The summed E-state index contributed by atoms with van der Waals surface area (Å²) in [6.45, 7) is 7.55. The maximum absolute atomic E-state index is 3.46. The van der Waals surface area contributed by atoms with Gasteiger partial charge in [-0.25, -0.2) is 0 Å². The molecular formula is C8H13N. The number of nitrogens with zero attached hydrogens (tertiary/aromatic N) is 1. The minimum Gasteiger partial charge on any atom is -0.351 e. The molecule has 0 saturated heterocycles. The van der Waals surface area contributed by atoms with Gasteiger partial charge in [-0.05, 0) is 13.8 Å².